The molecule has 0 radical (unpaired) electrons. The van der Waals surface area contributed by atoms with Gasteiger partial charge in [0.05, 0.1) is 6.61 Å². The van der Waals surface area contributed by atoms with Gasteiger partial charge in [0.15, 0.2) is 0 Å². The van der Waals surface area contributed by atoms with E-state index in [0.717, 1.165) is 12.0 Å². The molecule has 88 valence electrons. The van der Waals surface area contributed by atoms with Crippen molar-refractivity contribution in [3.63, 3.8) is 0 Å². The summed E-state index contributed by atoms with van der Waals surface area (Å²) in [7, 11) is 0. The molecular formula is C14H14ClNO. The van der Waals surface area contributed by atoms with Crippen LogP contribution in [0.2, 0.25) is 0 Å². The van der Waals surface area contributed by atoms with E-state index in [0.29, 0.717) is 18.4 Å². The van der Waals surface area contributed by atoms with E-state index in [2.05, 4.69) is 17.1 Å². The van der Waals surface area contributed by atoms with Crippen molar-refractivity contribution in [3.8, 4) is 5.88 Å². The van der Waals surface area contributed by atoms with Crippen molar-refractivity contribution in [3.05, 3.63) is 59.8 Å². The second-order valence-electron chi connectivity index (χ2n) is 3.72. The summed E-state index contributed by atoms with van der Waals surface area (Å²) in [5, 5.41) is 0. The molecule has 3 heteroatoms. The molecule has 0 fully saturated rings. The Labute approximate surface area is 106 Å². The maximum Gasteiger partial charge on any atom is 0.213 e. The van der Waals surface area contributed by atoms with E-state index in [1.54, 1.807) is 6.20 Å². The lowest BCUT2D eigenvalue weighted by Gasteiger charge is -2.06. The summed E-state index contributed by atoms with van der Waals surface area (Å²) in [6, 6.07) is 14.0. The van der Waals surface area contributed by atoms with E-state index in [4.69, 9.17) is 16.3 Å². The molecule has 0 saturated heterocycles. The van der Waals surface area contributed by atoms with Crippen LogP contribution in [0.3, 0.4) is 0 Å². The molecule has 17 heavy (non-hydrogen) atoms. The van der Waals surface area contributed by atoms with E-state index in [1.165, 1.54) is 5.56 Å². The molecule has 1 heterocycles. The number of pyridine rings is 1. The lowest BCUT2D eigenvalue weighted by Crippen LogP contribution is -2.02. The highest BCUT2D eigenvalue weighted by Gasteiger charge is 1.98. The number of aromatic nitrogens is 1. The topological polar surface area (TPSA) is 22.1 Å². The van der Waals surface area contributed by atoms with Crippen LogP contribution < -0.4 is 4.74 Å². The van der Waals surface area contributed by atoms with Crippen LogP contribution in [0.15, 0.2) is 48.7 Å². The van der Waals surface area contributed by atoms with Crippen LogP contribution in [0.4, 0.5) is 0 Å². The zero-order valence-electron chi connectivity index (χ0n) is 9.47. The largest absolute Gasteiger partial charge is 0.477 e. The van der Waals surface area contributed by atoms with Crippen molar-refractivity contribution in [1.29, 1.82) is 0 Å². The molecular weight excluding hydrogens is 234 g/mol. The molecule has 0 aliphatic rings. The Morgan fingerprint density at radius 2 is 1.88 bits per heavy atom. The zero-order valence-corrected chi connectivity index (χ0v) is 10.2. The normalized spacial score (nSPS) is 10.2. The molecule has 0 saturated carbocycles. The fraction of sp³-hybridized carbons (Fsp3) is 0.214. The van der Waals surface area contributed by atoms with Crippen molar-refractivity contribution in [2.75, 3.05) is 6.61 Å². The van der Waals surface area contributed by atoms with Gasteiger partial charge in [0.25, 0.3) is 0 Å². The molecule has 0 aliphatic heterocycles. The van der Waals surface area contributed by atoms with Gasteiger partial charge in [0.1, 0.15) is 0 Å². The van der Waals surface area contributed by atoms with Crippen molar-refractivity contribution < 1.29 is 4.74 Å². The van der Waals surface area contributed by atoms with Gasteiger partial charge in [-0.3, -0.25) is 0 Å². The monoisotopic (exact) mass is 247 g/mol. The van der Waals surface area contributed by atoms with Crippen LogP contribution in [-0.2, 0) is 12.3 Å². The predicted octanol–water partition coefficient (Wildman–Crippen LogP) is 3.44. The van der Waals surface area contributed by atoms with Gasteiger partial charge in [-0.2, -0.15) is 0 Å². The average molecular weight is 248 g/mol. The number of rotatable bonds is 5. The number of nitrogens with zero attached hydrogens (tertiary/aromatic N) is 1. The molecule has 0 spiro atoms. The van der Waals surface area contributed by atoms with Gasteiger partial charge >= 0.3 is 0 Å². The van der Waals surface area contributed by atoms with Gasteiger partial charge in [-0.15, -0.1) is 11.6 Å². The van der Waals surface area contributed by atoms with E-state index >= 15 is 0 Å². The smallest absolute Gasteiger partial charge is 0.213 e. The minimum absolute atomic E-state index is 0.484. The van der Waals surface area contributed by atoms with Crippen LogP contribution in [0, 0.1) is 0 Å². The van der Waals surface area contributed by atoms with Crippen molar-refractivity contribution in [2.24, 2.45) is 0 Å². The number of hydrogen-bond donors (Lipinski definition) is 0. The Balaban J connectivity index is 1.86. The lowest BCUT2D eigenvalue weighted by atomic mass is 10.2. The van der Waals surface area contributed by atoms with Crippen molar-refractivity contribution in [1.82, 2.24) is 4.98 Å². The molecule has 1 aromatic heterocycles. The van der Waals surface area contributed by atoms with Gasteiger partial charge in [0, 0.05) is 24.6 Å². The summed E-state index contributed by atoms with van der Waals surface area (Å²) >= 11 is 5.75. The highest BCUT2D eigenvalue weighted by atomic mass is 35.5. The number of hydrogen-bond acceptors (Lipinski definition) is 2. The Hall–Kier alpha value is -1.54. The van der Waals surface area contributed by atoms with Crippen LogP contribution >= 0.6 is 11.6 Å². The van der Waals surface area contributed by atoms with Gasteiger partial charge in [-0.25, -0.2) is 4.98 Å². The second-order valence-corrected chi connectivity index (χ2v) is 3.99. The highest BCUT2D eigenvalue weighted by Crippen LogP contribution is 2.11. The maximum absolute atomic E-state index is 5.75. The minimum atomic E-state index is 0.484. The van der Waals surface area contributed by atoms with Gasteiger partial charge in [0.2, 0.25) is 5.88 Å². The number of benzene rings is 1. The Bertz CT molecular complexity index is 459. The van der Waals surface area contributed by atoms with Crippen molar-refractivity contribution in [2.45, 2.75) is 12.3 Å². The Morgan fingerprint density at radius 3 is 2.65 bits per heavy atom. The second kappa shape index (κ2) is 6.26. The molecule has 0 N–H and O–H groups in total. The van der Waals surface area contributed by atoms with Crippen molar-refractivity contribution >= 4 is 11.6 Å². The van der Waals surface area contributed by atoms with Crippen LogP contribution in [0.25, 0.3) is 0 Å². The molecule has 0 unspecified atom stereocenters. The summed E-state index contributed by atoms with van der Waals surface area (Å²) in [4.78, 5) is 4.14. The molecule has 0 amide bonds. The van der Waals surface area contributed by atoms with E-state index in [1.807, 2.05) is 30.3 Å². The minimum Gasteiger partial charge on any atom is -0.477 e. The third kappa shape index (κ3) is 3.75. The highest BCUT2D eigenvalue weighted by molar-refractivity contribution is 6.17. The van der Waals surface area contributed by atoms with Gasteiger partial charge in [-0.1, -0.05) is 30.3 Å². The van der Waals surface area contributed by atoms with Gasteiger partial charge < -0.3 is 4.74 Å². The first-order valence-corrected chi connectivity index (χ1v) is 6.09. The number of alkyl halides is 1. The Morgan fingerprint density at radius 1 is 1.06 bits per heavy atom. The zero-order chi connectivity index (χ0) is 11.9. The summed E-state index contributed by atoms with van der Waals surface area (Å²) < 4.78 is 5.58. The third-order valence-electron chi connectivity index (χ3n) is 2.44. The molecule has 2 aromatic rings. The molecule has 2 rings (SSSR count). The standard InChI is InChI=1S/C14H14ClNO/c15-11-13-6-8-16-14(10-13)17-9-7-12-4-2-1-3-5-12/h1-6,8,10H,7,9,11H2. The first-order chi connectivity index (χ1) is 8.38. The molecule has 0 atom stereocenters. The van der Waals surface area contributed by atoms with Gasteiger partial charge in [-0.05, 0) is 17.2 Å². The quantitative estimate of drug-likeness (QED) is 0.755. The van der Waals surface area contributed by atoms with E-state index in [9.17, 15) is 0 Å². The molecule has 0 bridgehead atoms. The first kappa shape index (κ1) is 11.9. The van der Waals surface area contributed by atoms with Crippen LogP contribution in [0.5, 0.6) is 5.88 Å². The van der Waals surface area contributed by atoms with E-state index < -0.39 is 0 Å². The Kier molecular flexibility index (Phi) is 4.39. The average Bonchev–Trinajstić information content (AvgIpc) is 2.40. The summed E-state index contributed by atoms with van der Waals surface area (Å²) in [5.74, 6) is 1.12. The van der Waals surface area contributed by atoms with Crippen LogP contribution in [-0.4, -0.2) is 11.6 Å². The summed E-state index contributed by atoms with van der Waals surface area (Å²) in [6.07, 6.45) is 2.60. The summed E-state index contributed by atoms with van der Waals surface area (Å²) in [5.41, 5.74) is 2.29. The van der Waals surface area contributed by atoms with E-state index in [-0.39, 0.29) is 0 Å². The fourth-order valence-electron chi connectivity index (χ4n) is 1.53. The maximum atomic E-state index is 5.75. The number of ether oxygens (including phenoxy) is 1. The lowest BCUT2D eigenvalue weighted by molar-refractivity contribution is 0.309. The van der Waals surface area contributed by atoms with Crippen LogP contribution in [0.1, 0.15) is 11.1 Å². The molecule has 1 aromatic carbocycles. The summed E-state index contributed by atoms with van der Waals surface area (Å²) in [6.45, 7) is 0.628. The first-order valence-electron chi connectivity index (χ1n) is 5.56. The SMILES string of the molecule is ClCc1ccnc(OCCc2ccccc2)c1. The molecule has 2 nitrogen and oxygen atoms in total. The number of halogens is 1. The predicted molar refractivity (Wildman–Crippen MR) is 69.4 cm³/mol. The molecule has 0 aliphatic carbocycles. The fourth-order valence-corrected chi connectivity index (χ4v) is 1.70. The third-order valence-corrected chi connectivity index (χ3v) is 2.75.